The highest BCUT2D eigenvalue weighted by Crippen LogP contribution is 2.32. The molecule has 2 atom stereocenters. The number of nitrogens with two attached hydrogens (primary N) is 2. The number of hydrogen-bond acceptors (Lipinski definition) is 8. The van der Waals surface area contributed by atoms with Crippen molar-refractivity contribution in [3.63, 3.8) is 0 Å². The van der Waals surface area contributed by atoms with Crippen LogP contribution in [0.4, 0.5) is 15.9 Å². The maximum atomic E-state index is 15.5. The highest BCUT2D eigenvalue weighted by atomic mass is 19.1. The summed E-state index contributed by atoms with van der Waals surface area (Å²) in [7, 11) is 0. The van der Waals surface area contributed by atoms with Gasteiger partial charge < -0.3 is 16.0 Å². The predicted molar refractivity (Wildman–Crippen MR) is 108 cm³/mol. The third-order valence-corrected chi connectivity index (χ3v) is 5.18. The number of primary amides is 1. The van der Waals surface area contributed by atoms with E-state index < -0.39 is 11.7 Å². The van der Waals surface area contributed by atoms with Crippen molar-refractivity contribution in [3.8, 4) is 11.3 Å². The van der Waals surface area contributed by atoms with Gasteiger partial charge in [0.05, 0.1) is 23.5 Å². The Kier molecular flexibility index (Phi) is 5.68. The summed E-state index contributed by atoms with van der Waals surface area (Å²) in [4.78, 5) is 19.8. The molecule has 1 amide bonds. The van der Waals surface area contributed by atoms with E-state index >= 15 is 4.39 Å². The van der Waals surface area contributed by atoms with Crippen molar-refractivity contribution in [2.24, 2.45) is 11.5 Å². The Morgan fingerprint density at radius 3 is 2.70 bits per heavy atom. The van der Waals surface area contributed by atoms with Gasteiger partial charge in [0.15, 0.2) is 11.6 Å². The molecule has 0 radical (unpaired) electrons. The van der Waals surface area contributed by atoms with E-state index in [4.69, 9.17) is 16.0 Å². The zero-order chi connectivity index (χ0) is 21.1. The summed E-state index contributed by atoms with van der Waals surface area (Å²) in [6.07, 6.45) is 9.33. The number of pyridine rings is 2. The van der Waals surface area contributed by atoms with Crippen LogP contribution in [0, 0.1) is 5.82 Å². The number of nitrogens with one attached hydrogen (secondary N) is 1. The van der Waals surface area contributed by atoms with E-state index in [1.807, 2.05) is 0 Å². The van der Waals surface area contributed by atoms with Gasteiger partial charge in [-0.15, -0.1) is 0 Å². The number of carbonyl (C=O) groups excluding carboxylic acids is 1. The van der Waals surface area contributed by atoms with Gasteiger partial charge in [0.2, 0.25) is 5.91 Å². The average molecular weight is 411 g/mol. The van der Waals surface area contributed by atoms with Gasteiger partial charge in [-0.1, -0.05) is 18.0 Å². The number of amides is 1. The van der Waals surface area contributed by atoms with E-state index in [1.165, 1.54) is 35.9 Å². The van der Waals surface area contributed by atoms with Crippen LogP contribution in [-0.2, 0) is 0 Å². The molecule has 2 unspecified atom stereocenters. The first-order valence-corrected chi connectivity index (χ1v) is 9.67. The Morgan fingerprint density at radius 1 is 1.20 bits per heavy atom. The van der Waals surface area contributed by atoms with Crippen molar-refractivity contribution >= 4 is 17.4 Å². The monoisotopic (exact) mass is 411 g/mol. The maximum Gasteiger partial charge on any atom is 0.250 e. The number of anilines is 2. The van der Waals surface area contributed by atoms with Gasteiger partial charge in [-0.2, -0.15) is 0 Å². The lowest BCUT2D eigenvalue weighted by Gasteiger charge is -2.35. The molecule has 156 valence electrons. The van der Waals surface area contributed by atoms with Crippen LogP contribution in [0.25, 0.3) is 11.3 Å². The van der Waals surface area contributed by atoms with Crippen molar-refractivity contribution in [2.45, 2.75) is 37.8 Å². The highest BCUT2D eigenvalue weighted by molar-refractivity contribution is 5.92. The van der Waals surface area contributed by atoms with E-state index in [1.54, 1.807) is 12.1 Å². The number of halogens is 1. The second kappa shape index (κ2) is 8.56. The molecule has 1 fully saturated rings. The molecule has 1 aliphatic rings. The van der Waals surface area contributed by atoms with Gasteiger partial charge in [-0.25, -0.2) is 14.8 Å². The summed E-state index contributed by atoms with van der Waals surface area (Å²) in [6, 6.07) is 4.51. The van der Waals surface area contributed by atoms with Crippen LogP contribution in [-0.4, -0.2) is 33.1 Å². The van der Waals surface area contributed by atoms with Crippen molar-refractivity contribution in [2.75, 3.05) is 5.01 Å². The minimum Gasteiger partial charge on any atom is -0.366 e. The lowest BCUT2D eigenvalue weighted by atomic mass is 9.91. The Morgan fingerprint density at radius 2 is 2.03 bits per heavy atom. The summed E-state index contributed by atoms with van der Waals surface area (Å²) in [5, 5.41) is 5.13. The molecule has 4 rings (SSSR count). The molecular weight excluding hydrogens is 389 g/mol. The van der Waals surface area contributed by atoms with E-state index in [0.717, 1.165) is 25.7 Å². The number of nitrogens with zero attached hydrogens (tertiary/aromatic N) is 4. The molecule has 1 aliphatic carbocycles. The molecule has 9 nitrogen and oxygen atoms in total. The Balaban J connectivity index is 1.75. The molecule has 5 N–H and O–H groups in total. The van der Waals surface area contributed by atoms with Crippen molar-refractivity contribution < 1.29 is 13.7 Å². The second-order valence-corrected chi connectivity index (χ2v) is 7.19. The van der Waals surface area contributed by atoms with Crippen LogP contribution in [0.2, 0.25) is 0 Å². The lowest BCUT2D eigenvalue weighted by molar-refractivity contribution is 0.1000. The molecule has 0 aromatic carbocycles. The Labute approximate surface area is 172 Å². The van der Waals surface area contributed by atoms with Gasteiger partial charge in [0.1, 0.15) is 11.5 Å². The molecule has 0 spiro atoms. The summed E-state index contributed by atoms with van der Waals surface area (Å²) >= 11 is 0. The van der Waals surface area contributed by atoms with Crippen molar-refractivity contribution in [1.29, 1.82) is 0 Å². The van der Waals surface area contributed by atoms with Gasteiger partial charge in [-0.05, 0) is 25.0 Å². The summed E-state index contributed by atoms with van der Waals surface area (Å²) in [5.41, 5.74) is 15.5. The molecular formula is C20H22FN7O2. The summed E-state index contributed by atoms with van der Waals surface area (Å²) in [5.74, 6) is -0.524. The normalized spacial score (nSPS) is 18.9. The number of carbonyl (C=O) groups is 1. The third kappa shape index (κ3) is 4.00. The Hall–Kier alpha value is -3.37. The fraction of sp³-hybridized carbons (Fsp3) is 0.300. The fourth-order valence-electron chi connectivity index (χ4n) is 3.52. The molecule has 3 heterocycles. The summed E-state index contributed by atoms with van der Waals surface area (Å²) in [6.45, 7) is 0. The van der Waals surface area contributed by atoms with E-state index in [9.17, 15) is 4.79 Å². The summed E-state index contributed by atoms with van der Waals surface area (Å²) < 4.78 is 20.6. The average Bonchev–Trinajstić information content (AvgIpc) is 3.28. The molecule has 3 aromatic rings. The molecule has 10 heteroatoms. The van der Waals surface area contributed by atoms with E-state index in [-0.39, 0.29) is 34.7 Å². The third-order valence-electron chi connectivity index (χ3n) is 5.18. The SMILES string of the molecule is NC(=O)c1ccc(N(NC2CCCCC2N)c2cncc(-c3ccno3)c2F)nc1. The van der Waals surface area contributed by atoms with E-state index in [2.05, 4.69) is 20.6 Å². The van der Waals surface area contributed by atoms with Crippen LogP contribution in [0.1, 0.15) is 36.0 Å². The smallest absolute Gasteiger partial charge is 0.250 e. The quantitative estimate of drug-likeness (QED) is 0.526. The van der Waals surface area contributed by atoms with Crippen molar-refractivity contribution in [3.05, 3.63) is 54.4 Å². The molecule has 30 heavy (non-hydrogen) atoms. The van der Waals surface area contributed by atoms with Crippen molar-refractivity contribution in [1.82, 2.24) is 20.6 Å². The lowest BCUT2D eigenvalue weighted by Crippen LogP contribution is -2.53. The highest BCUT2D eigenvalue weighted by Gasteiger charge is 2.27. The number of aromatic nitrogens is 3. The van der Waals surface area contributed by atoms with Crippen LogP contribution in [0.15, 0.2) is 47.5 Å². The first kappa shape index (κ1) is 19.9. The predicted octanol–water partition coefficient (Wildman–Crippen LogP) is 2.28. The first-order chi connectivity index (χ1) is 14.5. The minimum absolute atomic E-state index is 0.0790. The zero-order valence-corrected chi connectivity index (χ0v) is 16.2. The van der Waals surface area contributed by atoms with Gasteiger partial charge in [0, 0.05) is 30.5 Å². The molecule has 0 aliphatic heterocycles. The molecule has 3 aromatic heterocycles. The molecule has 1 saturated carbocycles. The number of hydrogen-bond donors (Lipinski definition) is 3. The van der Waals surface area contributed by atoms with E-state index in [0.29, 0.717) is 5.82 Å². The standard InChI is InChI=1S/C20H22FN7O2/c21-19-13(17-7-8-26-30-17)10-24-11-16(19)28(27-15-4-2-1-3-14(15)22)18-6-5-12(9-25-18)20(23)29/h5-11,14-15,27H,1-4,22H2,(H2,23,29). The van der Waals surface area contributed by atoms with Gasteiger partial charge in [0.25, 0.3) is 0 Å². The zero-order valence-electron chi connectivity index (χ0n) is 16.2. The minimum atomic E-state index is -0.594. The van der Waals surface area contributed by atoms with Crippen LogP contribution in [0.5, 0.6) is 0 Å². The van der Waals surface area contributed by atoms with Crippen LogP contribution < -0.4 is 21.9 Å². The largest absolute Gasteiger partial charge is 0.366 e. The second-order valence-electron chi connectivity index (χ2n) is 7.19. The molecule has 0 saturated heterocycles. The number of rotatable bonds is 6. The van der Waals surface area contributed by atoms with Crippen LogP contribution in [0.3, 0.4) is 0 Å². The fourth-order valence-corrected chi connectivity index (χ4v) is 3.52. The number of hydrazine groups is 1. The maximum absolute atomic E-state index is 15.5. The van der Waals surface area contributed by atoms with Crippen LogP contribution >= 0.6 is 0 Å². The van der Waals surface area contributed by atoms with Gasteiger partial charge >= 0.3 is 0 Å². The topological polar surface area (TPSA) is 136 Å². The first-order valence-electron chi connectivity index (χ1n) is 9.67. The molecule has 0 bridgehead atoms. The van der Waals surface area contributed by atoms with Gasteiger partial charge in [-0.3, -0.25) is 14.8 Å². The Bertz CT molecular complexity index is 1010.